The van der Waals surface area contributed by atoms with Gasteiger partial charge in [-0.15, -0.1) is 5.10 Å². The molecule has 3 aromatic heterocycles. The Balaban J connectivity index is 0.000000405. The molecule has 14 heteroatoms. The van der Waals surface area contributed by atoms with Crippen molar-refractivity contribution in [1.29, 1.82) is 0 Å². The summed E-state index contributed by atoms with van der Waals surface area (Å²) in [6, 6.07) is 8.83. The first kappa shape index (κ1) is 26.0. The maximum atomic E-state index is 10.6. The van der Waals surface area contributed by atoms with Crippen molar-refractivity contribution < 1.29 is 23.1 Å². The molecule has 0 amide bonds. The van der Waals surface area contributed by atoms with Crippen molar-refractivity contribution >= 4 is 23.1 Å². The Bertz CT molecular complexity index is 1340. The molecule has 0 spiro atoms. The van der Waals surface area contributed by atoms with Crippen LogP contribution in [-0.4, -0.2) is 64.1 Å². The van der Waals surface area contributed by atoms with Gasteiger partial charge in [0.05, 0.1) is 18.1 Å². The zero-order valence-corrected chi connectivity index (χ0v) is 19.9. The Morgan fingerprint density at radius 2 is 1.81 bits per heavy atom. The average Bonchev–Trinajstić information content (AvgIpc) is 3.52. The minimum absolute atomic E-state index is 0.316. The van der Waals surface area contributed by atoms with Crippen LogP contribution >= 0.6 is 0 Å². The zero-order chi connectivity index (χ0) is 26.6. The molecular weight excluding hydrogens is 491 g/mol. The summed E-state index contributed by atoms with van der Waals surface area (Å²) < 4.78 is 35.4. The van der Waals surface area contributed by atoms with Crippen molar-refractivity contribution in [3.05, 3.63) is 42.9 Å². The fourth-order valence-electron chi connectivity index (χ4n) is 3.90. The van der Waals surface area contributed by atoms with Crippen LogP contribution in [0.2, 0.25) is 0 Å². The summed E-state index contributed by atoms with van der Waals surface area (Å²) in [5, 5.41) is 23.4. The summed E-state index contributed by atoms with van der Waals surface area (Å²) in [5.41, 5.74) is 10.5. The van der Waals surface area contributed by atoms with Crippen LogP contribution in [0.25, 0.3) is 28.0 Å². The van der Waals surface area contributed by atoms with Gasteiger partial charge < -0.3 is 16.2 Å². The molecule has 0 bridgehead atoms. The van der Waals surface area contributed by atoms with Crippen molar-refractivity contribution in [3.63, 3.8) is 0 Å². The van der Waals surface area contributed by atoms with Crippen LogP contribution < -0.4 is 11.1 Å². The van der Waals surface area contributed by atoms with Gasteiger partial charge >= 0.3 is 12.1 Å². The molecule has 11 nitrogen and oxygen atoms in total. The molecule has 196 valence electrons. The van der Waals surface area contributed by atoms with E-state index in [0.29, 0.717) is 29.2 Å². The van der Waals surface area contributed by atoms with E-state index >= 15 is 0 Å². The van der Waals surface area contributed by atoms with Gasteiger partial charge in [0.15, 0.2) is 11.2 Å². The summed E-state index contributed by atoms with van der Waals surface area (Å²) in [6.07, 6.45) is 4.70. The molecule has 5 rings (SSSR count). The summed E-state index contributed by atoms with van der Waals surface area (Å²) in [6.45, 7) is 2.93. The highest BCUT2D eigenvalue weighted by Crippen LogP contribution is 2.23. The quantitative estimate of drug-likeness (QED) is 0.362. The lowest BCUT2D eigenvalue weighted by Crippen LogP contribution is -2.33. The van der Waals surface area contributed by atoms with Gasteiger partial charge in [-0.1, -0.05) is 17.3 Å². The monoisotopic (exact) mass is 517 g/mol. The molecule has 1 aromatic carbocycles. The first-order valence-electron chi connectivity index (χ1n) is 11.7. The number of benzene rings is 1. The predicted octanol–water partition coefficient (Wildman–Crippen LogP) is 3.41. The molecule has 0 saturated heterocycles. The van der Waals surface area contributed by atoms with Gasteiger partial charge in [-0.3, -0.25) is 4.68 Å². The van der Waals surface area contributed by atoms with E-state index in [9.17, 15) is 13.2 Å². The van der Waals surface area contributed by atoms with Gasteiger partial charge in [-0.2, -0.15) is 27.9 Å². The third-order valence-corrected chi connectivity index (χ3v) is 5.94. The molecule has 4 N–H and O–H groups in total. The van der Waals surface area contributed by atoms with Crippen LogP contribution in [0.1, 0.15) is 32.6 Å². The van der Waals surface area contributed by atoms with Crippen LogP contribution in [0.15, 0.2) is 42.9 Å². The summed E-state index contributed by atoms with van der Waals surface area (Å²) in [7, 11) is 0. The third-order valence-electron chi connectivity index (χ3n) is 5.94. The van der Waals surface area contributed by atoms with Gasteiger partial charge in [0, 0.05) is 30.4 Å². The minimum atomic E-state index is -5.08. The zero-order valence-electron chi connectivity index (χ0n) is 19.9. The molecule has 3 heterocycles. The van der Waals surface area contributed by atoms with E-state index in [1.165, 1.54) is 0 Å². The number of alkyl halides is 3. The van der Waals surface area contributed by atoms with E-state index in [2.05, 4.69) is 44.8 Å². The normalized spacial score (nSPS) is 17.8. The molecule has 1 saturated carbocycles. The number of carbonyl (C=O) groups is 1. The molecule has 0 atom stereocenters. The molecule has 0 aliphatic heterocycles. The van der Waals surface area contributed by atoms with Crippen molar-refractivity contribution in [3.8, 4) is 16.8 Å². The summed E-state index contributed by atoms with van der Waals surface area (Å²) >= 11 is 0. The molecule has 1 fully saturated rings. The van der Waals surface area contributed by atoms with Crippen molar-refractivity contribution in [1.82, 2.24) is 34.7 Å². The van der Waals surface area contributed by atoms with Gasteiger partial charge in [-0.25, -0.2) is 9.78 Å². The Morgan fingerprint density at radius 3 is 2.41 bits per heavy atom. The number of nitrogens with zero attached hydrogens (tertiary/aromatic N) is 7. The van der Waals surface area contributed by atoms with E-state index in [1.54, 1.807) is 10.9 Å². The number of halogens is 3. The maximum absolute atomic E-state index is 10.6. The first-order chi connectivity index (χ1) is 17.6. The van der Waals surface area contributed by atoms with Crippen molar-refractivity contribution in [2.75, 3.05) is 5.32 Å². The van der Waals surface area contributed by atoms with E-state index in [0.717, 1.165) is 49.0 Å². The van der Waals surface area contributed by atoms with E-state index in [-0.39, 0.29) is 0 Å². The highest BCUT2D eigenvalue weighted by atomic mass is 19.4. The average molecular weight is 518 g/mol. The standard InChI is InChI=1S/C21H25N9.C2HF3O2/c1-2-29-13-15(11-24-29)14-3-9-18(10-4-14)30-20-19(27-28-30)12-23-21(26-20)25-17-7-5-16(22)6-8-17;3-2(4,5)1(6)7/h3-4,9-13,16-17H,2,5-8,22H2,1H3,(H,23,25,26);(H,6,7). The van der Waals surface area contributed by atoms with Gasteiger partial charge in [-0.05, 0) is 50.3 Å². The number of aromatic nitrogens is 7. The van der Waals surface area contributed by atoms with Crippen LogP contribution in [-0.2, 0) is 11.3 Å². The van der Waals surface area contributed by atoms with Crippen LogP contribution in [0.5, 0.6) is 0 Å². The molecule has 1 aliphatic carbocycles. The van der Waals surface area contributed by atoms with Crippen molar-refractivity contribution in [2.45, 2.75) is 57.4 Å². The second-order valence-corrected chi connectivity index (χ2v) is 8.59. The van der Waals surface area contributed by atoms with Crippen LogP contribution in [0.4, 0.5) is 19.1 Å². The number of rotatable bonds is 5. The second-order valence-electron chi connectivity index (χ2n) is 8.59. The molecular formula is C23H26F3N9O2. The minimum Gasteiger partial charge on any atom is -0.475 e. The molecule has 0 radical (unpaired) electrons. The largest absolute Gasteiger partial charge is 0.490 e. The lowest BCUT2D eigenvalue weighted by Gasteiger charge is -2.26. The lowest BCUT2D eigenvalue weighted by atomic mass is 9.92. The maximum Gasteiger partial charge on any atom is 0.490 e. The predicted molar refractivity (Wildman–Crippen MR) is 129 cm³/mol. The molecule has 1 aliphatic rings. The fraction of sp³-hybridized carbons (Fsp3) is 0.391. The van der Waals surface area contributed by atoms with E-state index < -0.39 is 12.1 Å². The highest BCUT2D eigenvalue weighted by molar-refractivity contribution is 5.73. The van der Waals surface area contributed by atoms with Gasteiger partial charge in [0.25, 0.3) is 0 Å². The van der Waals surface area contributed by atoms with Crippen molar-refractivity contribution in [2.24, 2.45) is 5.73 Å². The van der Waals surface area contributed by atoms with Crippen LogP contribution in [0, 0.1) is 0 Å². The first-order valence-corrected chi connectivity index (χ1v) is 11.7. The fourth-order valence-corrected chi connectivity index (χ4v) is 3.90. The summed E-state index contributed by atoms with van der Waals surface area (Å²) in [5.74, 6) is -2.15. The highest BCUT2D eigenvalue weighted by Gasteiger charge is 2.38. The third kappa shape index (κ3) is 6.39. The van der Waals surface area contributed by atoms with Gasteiger partial charge in [0.1, 0.15) is 0 Å². The molecule has 0 unspecified atom stereocenters. The lowest BCUT2D eigenvalue weighted by molar-refractivity contribution is -0.192. The summed E-state index contributed by atoms with van der Waals surface area (Å²) in [4.78, 5) is 18.0. The Morgan fingerprint density at radius 1 is 1.14 bits per heavy atom. The number of anilines is 1. The van der Waals surface area contributed by atoms with Crippen LogP contribution in [0.3, 0.4) is 0 Å². The smallest absolute Gasteiger partial charge is 0.475 e. The Hall–Kier alpha value is -4.07. The number of nitrogens with one attached hydrogen (secondary N) is 1. The second kappa shape index (κ2) is 10.9. The number of hydrogen-bond donors (Lipinski definition) is 3. The number of fused-ring (bicyclic) bond motifs is 1. The SMILES string of the molecule is CCn1cc(-c2ccc(-n3nnc4cnc(NC5CCC(N)CC5)nc43)cc2)cn1.O=C(O)C(F)(F)F. The van der Waals surface area contributed by atoms with E-state index in [1.807, 2.05) is 29.2 Å². The number of carboxylic acids is 1. The van der Waals surface area contributed by atoms with E-state index in [4.69, 9.17) is 20.6 Å². The van der Waals surface area contributed by atoms with Gasteiger partial charge in [0.2, 0.25) is 5.95 Å². The number of aryl methyl sites for hydroxylation is 1. The number of aliphatic carboxylic acids is 1. The molecule has 37 heavy (non-hydrogen) atoms. The number of nitrogens with two attached hydrogens (primary N) is 1. The number of hydrogen-bond acceptors (Lipinski definition) is 8. The molecule has 4 aromatic rings. The number of carboxylic acid groups (broad SMARTS) is 1. The topological polar surface area (TPSA) is 150 Å². The Labute approximate surface area is 209 Å². The Kier molecular flexibility index (Phi) is 7.66.